The number of carbonyl (C=O) groups is 1. The van der Waals surface area contributed by atoms with E-state index in [-0.39, 0.29) is 24.7 Å². The third-order valence-electron chi connectivity index (χ3n) is 6.33. The minimum absolute atomic E-state index is 0.0897. The summed E-state index contributed by atoms with van der Waals surface area (Å²) in [6.07, 6.45) is 3.74. The maximum absolute atomic E-state index is 13.3. The number of nitrogens with one attached hydrogen (secondary N) is 1. The van der Waals surface area contributed by atoms with Gasteiger partial charge in [-0.15, -0.1) is 0 Å². The second kappa shape index (κ2) is 7.64. The molecule has 4 nitrogen and oxygen atoms in total. The molecule has 1 aromatic heterocycles. The van der Waals surface area contributed by atoms with Crippen LogP contribution in [-0.2, 0) is 6.54 Å². The van der Waals surface area contributed by atoms with Crippen LogP contribution in [0.3, 0.4) is 0 Å². The second-order valence-electron chi connectivity index (χ2n) is 8.26. The SMILES string of the molecule is CN1CCC1Cn1cc(C(=O)NCC2CCC(F)(F)CC2)c2c(Cl)cccc21. The lowest BCUT2D eigenvalue weighted by Gasteiger charge is -2.38. The van der Waals surface area contributed by atoms with Crippen molar-refractivity contribution in [3.63, 3.8) is 0 Å². The molecule has 2 aliphatic rings. The lowest BCUT2D eigenvalue weighted by atomic mass is 9.87. The zero-order valence-corrected chi connectivity index (χ0v) is 16.8. The van der Waals surface area contributed by atoms with Gasteiger partial charge in [0.15, 0.2) is 0 Å². The summed E-state index contributed by atoms with van der Waals surface area (Å²) in [4.78, 5) is 15.2. The highest BCUT2D eigenvalue weighted by atomic mass is 35.5. The van der Waals surface area contributed by atoms with Crippen molar-refractivity contribution < 1.29 is 13.6 Å². The molecule has 1 amide bonds. The zero-order chi connectivity index (χ0) is 19.9. The normalized spacial score (nSPS) is 22.9. The summed E-state index contributed by atoms with van der Waals surface area (Å²) in [5.74, 6) is -2.62. The Bertz CT molecular complexity index is 872. The summed E-state index contributed by atoms with van der Waals surface area (Å²) in [5.41, 5.74) is 1.51. The van der Waals surface area contributed by atoms with E-state index in [0.29, 0.717) is 36.0 Å². The predicted octanol–water partition coefficient (Wildman–Crippen LogP) is 4.55. The summed E-state index contributed by atoms with van der Waals surface area (Å²) < 4.78 is 28.8. The van der Waals surface area contributed by atoms with Crippen molar-refractivity contribution in [2.45, 2.75) is 50.6 Å². The first-order valence-corrected chi connectivity index (χ1v) is 10.4. The summed E-state index contributed by atoms with van der Waals surface area (Å²) >= 11 is 6.43. The molecule has 7 heteroatoms. The van der Waals surface area contributed by atoms with Gasteiger partial charge in [-0.1, -0.05) is 17.7 Å². The standard InChI is InChI=1S/C21H26ClF2N3O/c1-26-10-7-15(26)12-27-13-16(19-17(22)3-2-4-18(19)27)20(28)25-11-14-5-8-21(23,24)9-6-14/h2-4,13-15H,5-12H2,1H3,(H,25,28). The minimum Gasteiger partial charge on any atom is -0.352 e. The molecule has 1 unspecified atom stereocenters. The van der Waals surface area contributed by atoms with E-state index in [2.05, 4.69) is 21.8 Å². The van der Waals surface area contributed by atoms with Crippen LogP contribution in [0.1, 0.15) is 42.5 Å². The molecule has 2 aromatic rings. The number of benzene rings is 1. The van der Waals surface area contributed by atoms with Gasteiger partial charge in [0.2, 0.25) is 5.92 Å². The van der Waals surface area contributed by atoms with E-state index in [4.69, 9.17) is 11.6 Å². The van der Waals surface area contributed by atoms with Gasteiger partial charge in [0.1, 0.15) is 0 Å². The molecule has 28 heavy (non-hydrogen) atoms. The average molecular weight is 410 g/mol. The Labute approximate surface area is 168 Å². The number of rotatable bonds is 5. The molecule has 2 fully saturated rings. The number of nitrogens with zero attached hydrogens (tertiary/aromatic N) is 2. The Morgan fingerprint density at radius 3 is 2.68 bits per heavy atom. The van der Waals surface area contributed by atoms with Crippen LogP contribution in [0.15, 0.2) is 24.4 Å². The number of amides is 1. The molecule has 1 saturated carbocycles. The molecular formula is C21H26ClF2N3O. The van der Waals surface area contributed by atoms with Crippen LogP contribution in [0.25, 0.3) is 10.9 Å². The maximum Gasteiger partial charge on any atom is 0.253 e. The molecule has 1 aliphatic heterocycles. The predicted molar refractivity (Wildman–Crippen MR) is 107 cm³/mol. The minimum atomic E-state index is -2.55. The van der Waals surface area contributed by atoms with Crippen molar-refractivity contribution in [3.05, 3.63) is 35.0 Å². The number of fused-ring (bicyclic) bond motifs is 1. The van der Waals surface area contributed by atoms with E-state index in [0.717, 1.165) is 30.4 Å². The fraction of sp³-hybridized carbons (Fsp3) is 0.571. The van der Waals surface area contributed by atoms with Crippen molar-refractivity contribution in [3.8, 4) is 0 Å². The fourth-order valence-corrected chi connectivity index (χ4v) is 4.57. The monoisotopic (exact) mass is 409 g/mol. The van der Waals surface area contributed by atoms with Crippen LogP contribution in [-0.4, -0.2) is 47.5 Å². The van der Waals surface area contributed by atoms with Gasteiger partial charge in [-0.2, -0.15) is 0 Å². The molecule has 2 heterocycles. The zero-order valence-electron chi connectivity index (χ0n) is 16.1. The molecular weight excluding hydrogens is 384 g/mol. The van der Waals surface area contributed by atoms with Gasteiger partial charge in [-0.3, -0.25) is 4.79 Å². The van der Waals surface area contributed by atoms with Crippen LogP contribution in [0.4, 0.5) is 8.78 Å². The number of likely N-dealkylation sites (N-methyl/N-ethyl adjacent to an activating group) is 1. The molecule has 1 aromatic carbocycles. The molecule has 1 aliphatic carbocycles. The van der Waals surface area contributed by atoms with Gasteiger partial charge >= 0.3 is 0 Å². The molecule has 0 bridgehead atoms. The molecule has 4 rings (SSSR count). The van der Waals surface area contributed by atoms with Crippen molar-refractivity contribution in [2.24, 2.45) is 5.92 Å². The summed E-state index contributed by atoms with van der Waals surface area (Å²) in [6.45, 7) is 2.34. The highest BCUT2D eigenvalue weighted by Crippen LogP contribution is 2.36. The van der Waals surface area contributed by atoms with Crippen molar-refractivity contribution in [1.82, 2.24) is 14.8 Å². The first kappa shape index (κ1) is 19.6. The van der Waals surface area contributed by atoms with E-state index < -0.39 is 5.92 Å². The molecule has 152 valence electrons. The fourth-order valence-electron chi connectivity index (χ4n) is 4.30. The number of alkyl halides is 2. The average Bonchev–Trinajstić information content (AvgIpc) is 3.04. The van der Waals surface area contributed by atoms with E-state index in [1.165, 1.54) is 0 Å². The maximum atomic E-state index is 13.3. The number of hydrogen-bond acceptors (Lipinski definition) is 2. The molecule has 0 spiro atoms. The van der Waals surface area contributed by atoms with Crippen molar-refractivity contribution >= 4 is 28.4 Å². The first-order chi connectivity index (χ1) is 13.3. The first-order valence-electron chi connectivity index (χ1n) is 9.98. The van der Waals surface area contributed by atoms with E-state index >= 15 is 0 Å². The number of hydrogen-bond donors (Lipinski definition) is 1. The molecule has 0 radical (unpaired) electrons. The van der Waals surface area contributed by atoms with Crippen LogP contribution >= 0.6 is 11.6 Å². The van der Waals surface area contributed by atoms with E-state index in [1.54, 1.807) is 6.07 Å². The van der Waals surface area contributed by atoms with Crippen LogP contribution in [0, 0.1) is 5.92 Å². The smallest absolute Gasteiger partial charge is 0.253 e. The van der Waals surface area contributed by atoms with Gasteiger partial charge < -0.3 is 14.8 Å². The molecule has 1 atom stereocenters. The lowest BCUT2D eigenvalue weighted by molar-refractivity contribution is -0.0452. The Balaban J connectivity index is 1.50. The van der Waals surface area contributed by atoms with Gasteiger partial charge in [-0.25, -0.2) is 8.78 Å². The van der Waals surface area contributed by atoms with Crippen molar-refractivity contribution in [1.29, 1.82) is 0 Å². The number of carbonyl (C=O) groups excluding carboxylic acids is 1. The number of aromatic nitrogens is 1. The third-order valence-corrected chi connectivity index (χ3v) is 6.65. The number of likely N-dealkylation sites (tertiary alicyclic amines) is 1. The van der Waals surface area contributed by atoms with Crippen LogP contribution in [0.2, 0.25) is 5.02 Å². The summed E-state index contributed by atoms with van der Waals surface area (Å²) in [5, 5.41) is 4.27. The second-order valence-corrected chi connectivity index (χ2v) is 8.67. The summed E-state index contributed by atoms with van der Waals surface area (Å²) in [7, 11) is 2.11. The Kier molecular flexibility index (Phi) is 5.36. The van der Waals surface area contributed by atoms with Gasteiger partial charge in [0.05, 0.1) is 16.1 Å². The van der Waals surface area contributed by atoms with Crippen LogP contribution in [0.5, 0.6) is 0 Å². The molecule has 1 N–H and O–H groups in total. The van der Waals surface area contributed by atoms with Crippen molar-refractivity contribution in [2.75, 3.05) is 20.1 Å². The Morgan fingerprint density at radius 2 is 2.04 bits per heavy atom. The van der Waals surface area contributed by atoms with E-state index in [1.807, 2.05) is 18.3 Å². The number of halogens is 3. The largest absolute Gasteiger partial charge is 0.352 e. The van der Waals surface area contributed by atoms with E-state index in [9.17, 15) is 13.6 Å². The Morgan fingerprint density at radius 1 is 1.29 bits per heavy atom. The van der Waals surface area contributed by atoms with Gasteiger partial charge in [0.25, 0.3) is 5.91 Å². The van der Waals surface area contributed by atoms with Gasteiger partial charge in [-0.05, 0) is 50.9 Å². The highest BCUT2D eigenvalue weighted by Gasteiger charge is 2.35. The highest BCUT2D eigenvalue weighted by molar-refractivity contribution is 6.36. The lowest BCUT2D eigenvalue weighted by Crippen LogP contribution is -2.46. The Hall–Kier alpha value is -1.66. The summed E-state index contributed by atoms with van der Waals surface area (Å²) in [6, 6.07) is 6.15. The van der Waals surface area contributed by atoms with Gasteiger partial charge in [0, 0.05) is 43.6 Å². The topological polar surface area (TPSA) is 37.3 Å². The van der Waals surface area contributed by atoms with Crippen LogP contribution < -0.4 is 5.32 Å². The quantitative estimate of drug-likeness (QED) is 0.786. The molecule has 1 saturated heterocycles. The third kappa shape index (κ3) is 3.90.